The monoisotopic (exact) mass is 268 g/mol. The van der Waals surface area contributed by atoms with Gasteiger partial charge >= 0.3 is 0 Å². The Labute approximate surface area is 118 Å². The maximum Gasteiger partial charge on any atom is 0.0693 e. The maximum atomic E-state index is 10.2. The summed E-state index contributed by atoms with van der Waals surface area (Å²) in [6, 6.07) is 0.863. The van der Waals surface area contributed by atoms with Gasteiger partial charge < -0.3 is 15.3 Å². The number of hydrogen-bond acceptors (Lipinski definition) is 3. The van der Waals surface area contributed by atoms with Crippen molar-refractivity contribution >= 4 is 0 Å². The minimum absolute atomic E-state index is 0.129. The van der Waals surface area contributed by atoms with Gasteiger partial charge in [0.25, 0.3) is 0 Å². The van der Waals surface area contributed by atoms with E-state index in [1.807, 2.05) is 0 Å². The third kappa shape index (κ3) is 4.44. The van der Waals surface area contributed by atoms with E-state index in [2.05, 4.69) is 24.1 Å². The van der Waals surface area contributed by atoms with E-state index in [-0.39, 0.29) is 6.10 Å². The Kier molecular flexibility index (Phi) is 6.11. The van der Waals surface area contributed by atoms with Gasteiger partial charge in [-0.1, -0.05) is 26.2 Å². The van der Waals surface area contributed by atoms with Crippen molar-refractivity contribution in [2.45, 2.75) is 77.0 Å². The van der Waals surface area contributed by atoms with Crippen LogP contribution in [-0.2, 0) is 0 Å². The van der Waals surface area contributed by atoms with E-state index >= 15 is 0 Å². The molecule has 19 heavy (non-hydrogen) atoms. The first-order chi connectivity index (χ1) is 9.20. The van der Waals surface area contributed by atoms with Crippen LogP contribution in [0.25, 0.3) is 0 Å². The normalized spacial score (nSPS) is 35.8. The molecule has 2 aliphatic rings. The summed E-state index contributed by atoms with van der Waals surface area (Å²) >= 11 is 0. The zero-order chi connectivity index (χ0) is 13.7. The van der Waals surface area contributed by atoms with Gasteiger partial charge in [0.05, 0.1) is 6.10 Å². The summed E-state index contributed by atoms with van der Waals surface area (Å²) in [5, 5.41) is 14.0. The van der Waals surface area contributed by atoms with E-state index in [1.54, 1.807) is 0 Å². The average Bonchev–Trinajstić information content (AvgIpc) is 2.64. The molecule has 2 fully saturated rings. The molecule has 1 saturated carbocycles. The molecule has 0 bridgehead atoms. The van der Waals surface area contributed by atoms with E-state index in [1.165, 1.54) is 51.7 Å². The molecule has 0 aromatic rings. The second-order valence-electron chi connectivity index (χ2n) is 6.56. The quantitative estimate of drug-likeness (QED) is 0.769. The van der Waals surface area contributed by atoms with Crippen LogP contribution in [0, 0.1) is 5.92 Å². The van der Waals surface area contributed by atoms with Crippen molar-refractivity contribution in [3.8, 4) is 0 Å². The summed E-state index contributed by atoms with van der Waals surface area (Å²) in [5.74, 6) is 0.754. The summed E-state index contributed by atoms with van der Waals surface area (Å²) in [4.78, 5) is 2.57. The third-order valence-electron chi connectivity index (χ3n) is 5.15. The fourth-order valence-corrected chi connectivity index (χ4v) is 3.74. The second-order valence-corrected chi connectivity index (χ2v) is 6.56. The van der Waals surface area contributed by atoms with Crippen molar-refractivity contribution in [1.82, 2.24) is 10.2 Å². The Hall–Kier alpha value is -0.120. The smallest absolute Gasteiger partial charge is 0.0693 e. The molecular formula is C16H32N2O. The number of aliphatic hydroxyl groups excluding tert-OH is 1. The Morgan fingerprint density at radius 1 is 1.16 bits per heavy atom. The van der Waals surface area contributed by atoms with Crippen LogP contribution in [0.5, 0.6) is 0 Å². The van der Waals surface area contributed by atoms with Crippen LogP contribution < -0.4 is 5.32 Å². The molecule has 4 atom stereocenters. The Balaban J connectivity index is 1.83. The number of aliphatic hydroxyl groups is 1. The van der Waals surface area contributed by atoms with Gasteiger partial charge in [0.15, 0.2) is 0 Å². The van der Waals surface area contributed by atoms with E-state index in [4.69, 9.17) is 0 Å². The number of nitrogens with zero attached hydrogens (tertiary/aromatic N) is 1. The van der Waals surface area contributed by atoms with E-state index in [0.717, 1.165) is 18.8 Å². The molecule has 1 heterocycles. The summed E-state index contributed by atoms with van der Waals surface area (Å²) in [7, 11) is 0. The van der Waals surface area contributed by atoms with Crippen molar-refractivity contribution in [3.05, 3.63) is 0 Å². The fourth-order valence-electron chi connectivity index (χ4n) is 3.74. The molecule has 4 unspecified atom stereocenters. The van der Waals surface area contributed by atoms with Crippen LogP contribution >= 0.6 is 0 Å². The van der Waals surface area contributed by atoms with Crippen molar-refractivity contribution in [3.63, 3.8) is 0 Å². The van der Waals surface area contributed by atoms with Crippen molar-refractivity contribution in [2.75, 3.05) is 19.6 Å². The highest BCUT2D eigenvalue weighted by Crippen LogP contribution is 2.23. The summed E-state index contributed by atoms with van der Waals surface area (Å²) in [6.45, 7) is 8.26. The molecule has 2 N–H and O–H groups in total. The average molecular weight is 268 g/mol. The van der Waals surface area contributed by atoms with Gasteiger partial charge in [-0.2, -0.15) is 0 Å². The van der Waals surface area contributed by atoms with Crippen LogP contribution in [0.4, 0.5) is 0 Å². The first-order valence-corrected chi connectivity index (χ1v) is 8.37. The molecule has 0 spiro atoms. The van der Waals surface area contributed by atoms with Crippen LogP contribution in [0.15, 0.2) is 0 Å². The fraction of sp³-hybridized carbons (Fsp3) is 1.00. The van der Waals surface area contributed by atoms with E-state index in [9.17, 15) is 5.11 Å². The summed E-state index contributed by atoms with van der Waals surface area (Å²) in [6.07, 6.45) is 8.43. The van der Waals surface area contributed by atoms with Gasteiger partial charge in [-0.15, -0.1) is 0 Å². The summed E-state index contributed by atoms with van der Waals surface area (Å²) in [5.41, 5.74) is 0. The van der Waals surface area contributed by atoms with Gasteiger partial charge in [0, 0.05) is 18.6 Å². The molecule has 1 aliphatic carbocycles. The minimum atomic E-state index is -0.129. The number of piperidine rings is 1. The minimum Gasteiger partial charge on any atom is -0.392 e. The molecule has 3 heteroatoms. The highest BCUT2D eigenvalue weighted by molar-refractivity contribution is 4.86. The largest absolute Gasteiger partial charge is 0.392 e. The molecule has 0 aromatic heterocycles. The molecule has 112 valence electrons. The molecule has 3 nitrogen and oxygen atoms in total. The molecule has 1 saturated heterocycles. The number of hydrogen-bond donors (Lipinski definition) is 2. The first-order valence-electron chi connectivity index (χ1n) is 8.37. The van der Waals surface area contributed by atoms with E-state index < -0.39 is 0 Å². The molecule has 0 amide bonds. The number of rotatable bonds is 4. The van der Waals surface area contributed by atoms with Gasteiger partial charge in [0.2, 0.25) is 0 Å². The topological polar surface area (TPSA) is 35.5 Å². The van der Waals surface area contributed by atoms with Crippen LogP contribution in [0.2, 0.25) is 0 Å². The maximum absolute atomic E-state index is 10.2. The Morgan fingerprint density at radius 3 is 2.74 bits per heavy atom. The lowest BCUT2D eigenvalue weighted by molar-refractivity contribution is 0.0961. The lowest BCUT2D eigenvalue weighted by atomic mass is 9.90. The molecular weight excluding hydrogens is 236 g/mol. The third-order valence-corrected chi connectivity index (χ3v) is 5.15. The van der Waals surface area contributed by atoms with Crippen molar-refractivity contribution < 1.29 is 5.11 Å². The molecule has 2 rings (SSSR count). The van der Waals surface area contributed by atoms with Crippen molar-refractivity contribution in [1.29, 1.82) is 0 Å². The van der Waals surface area contributed by atoms with Gasteiger partial charge in [0.1, 0.15) is 0 Å². The lowest BCUT2D eigenvalue weighted by Gasteiger charge is -2.37. The van der Waals surface area contributed by atoms with Gasteiger partial charge in [-0.3, -0.25) is 0 Å². The Morgan fingerprint density at radius 2 is 1.95 bits per heavy atom. The predicted molar refractivity (Wildman–Crippen MR) is 80.3 cm³/mol. The van der Waals surface area contributed by atoms with Crippen LogP contribution in [-0.4, -0.2) is 47.8 Å². The molecule has 0 aromatic carbocycles. The highest BCUT2D eigenvalue weighted by Gasteiger charge is 2.28. The second kappa shape index (κ2) is 7.61. The molecule has 1 aliphatic heterocycles. The number of likely N-dealkylation sites (tertiary alicyclic amines) is 1. The van der Waals surface area contributed by atoms with Gasteiger partial charge in [-0.05, 0) is 51.6 Å². The lowest BCUT2D eigenvalue weighted by Crippen LogP contribution is -2.50. The first kappa shape index (κ1) is 15.3. The summed E-state index contributed by atoms with van der Waals surface area (Å²) < 4.78 is 0. The predicted octanol–water partition coefficient (Wildman–Crippen LogP) is 2.39. The van der Waals surface area contributed by atoms with Crippen LogP contribution in [0.3, 0.4) is 0 Å². The Bertz CT molecular complexity index is 259. The zero-order valence-electron chi connectivity index (χ0n) is 12.8. The number of nitrogens with one attached hydrogen (secondary N) is 1. The van der Waals surface area contributed by atoms with Gasteiger partial charge in [-0.25, -0.2) is 0 Å². The standard InChI is InChI=1S/C16H32N2O/c1-3-18-11-7-8-14(12-18)13(2)17-15-9-5-4-6-10-16(15)19/h13-17,19H,3-12H2,1-2H3. The molecule has 0 radical (unpaired) electrons. The van der Waals surface area contributed by atoms with Crippen molar-refractivity contribution in [2.24, 2.45) is 5.92 Å². The van der Waals surface area contributed by atoms with E-state index in [0.29, 0.717) is 12.1 Å². The SMILES string of the molecule is CCN1CCCC(C(C)NC2CCCCCC2O)C1. The highest BCUT2D eigenvalue weighted by atomic mass is 16.3. The van der Waals surface area contributed by atoms with Crippen LogP contribution in [0.1, 0.15) is 58.8 Å². The zero-order valence-corrected chi connectivity index (χ0v) is 12.8.